The van der Waals surface area contributed by atoms with Crippen molar-refractivity contribution in [3.8, 4) is 11.5 Å². The van der Waals surface area contributed by atoms with Gasteiger partial charge in [-0.3, -0.25) is 19.3 Å². The lowest BCUT2D eigenvalue weighted by Crippen LogP contribution is -2.22. The van der Waals surface area contributed by atoms with E-state index in [0.717, 1.165) is 22.7 Å². The second kappa shape index (κ2) is 7.59. The zero-order valence-corrected chi connectivity index (χ0v) is 15.4. The molecule has 3 heterocycles. The summed E-state index contributed by atoms with van der Waals surface area (Å²) in [4.78, 5) is 22.7. The molecule has 0 bridgehead atoms. The first-order chi connectivity index (χ1) is 14.7. The van der Waals surface area contributed by atoms with Gasteiger partial charge in [0.1, 0.15) is 0 Å². The number of pyridine rings is 1. The van der Waals surface area contributed by atoms with E-state index in [1.165, 1.54) is 24.3 Å². The Morgan fingerprint density at radius 2 is 2.00 bits per heavy atom. The van der Waals surface area contributed by atoms with E-state index in [0.29, 0.717) is 5.75 Å². The SMILES string of the molecule is O=C(/C=C/c1cc2c(cc1[N+](=O)[O-])OCO2)NCc1nnc2ccc(C(F)(F)F)cn12. The number of amides is 1. The molecule has 3 aromatic rings. The van der Waals surface area contributed by atoms with E-state index < -0.39 is 22.6 Å². The monoisotopic (exact) mass is 435 g/mol. The second-order valence-electron chi connectivity index (χ2n) is 6.33. The van der Waals surface area contributed by atoms with Crippen molar-refractivity contribution in [1.82, 2.24) is 19.9 Å². The van der Waals surface area contributed by atoms with Crippen molar-refractivity contribution in [2.24, 2.45) is 0 Å². The molecule has 1 amide bonds. The van der Waals surface area contributed by atoms with Crippen LogP contribution in [0.3, 0.4) is 0 Å². The summed E-state index contributed by atoms with van der Waals surface area (Å²) in [6, 6.07) is 4.61. The van der Waals surface area contributed by atoms with Crippen LogP contribution in [0.5, 0.6) is 11.5 Å². The number of nitro groups is 1. The smallest absolute Gasteiger partial charge is 0.417 e. The third-order valence-electron chi connectivity index (χ3n) is 4.35. The first-order valence-electron chi connectivity index (χ1n) is 8.67. The Morgan fingerprint density at radius 1 is 1.26 bits per heavy atom. The molecule has 0 spiro atoms. The van der Waals surface area contributed by atoms with Crippen LogP contribution in [-0.4, -0.2) is 32.2 Å². The van der Waals surface area contributed by atoms with E-state index in [2.05, 4.69) is 15.5 Å². The summed E-state index contributed by atoms with van der Waals surface area (Å²) in [7, 11) is 0. The molecule has 1 aliphatic rings. The first kappa shape index (κ1) is 20.1. The number of hydrogen-bond donors (Lipinski definition) is 1. The van der Waals surface area contributed by atoms with E-state index in [9.17, 15) is 28.1 Å². The highest BCUT2D eigenvalue weighted by Crippen LogP contribution is 2.38. The molecule has 0 atom stereocenters. The molecular weight excluding hydrogens is 423 g/mol. The number of rotatable bonds is 5. The van der Waals surface area contributed by atoms with Gasteiger partial charge in [0.2, 0.25) is 12.7 Å². The fourth-order valence-corrected chi connectivity index (χ4v) is 2.86. The summed E-state index contributed by atoms with van der Waals surface area (Å²) >= 11 is 0. The number of aromatic nitrogens is 3. The van der Waals surface area contributed by atoms with Crippen LogP contribution in [0, 0.1) is 10.1 Å². The maximum Gasteiger partial charge on any atom is 0.417 e. The van der Waals surface area contributed by atoms with Gasteiger partial charge >= 0.3 is 6.18 Å². The molecule has 1 N–H and O–H groups in total. The average Bonchev–Trinajstić information content (AvgIpc) is 3.34. The summed E-state index contributed by atoms with van der Waals surface area (Å²) in [5, 5.41) is 21.2. The van der Waals surface area contributed by atoms with Crippen LogP contribution >= 0.6 is 0 Å². The zero-order valence-electron chi connectivity index (χ0n) is 15.4. The molecule has 0 aliphatic carbocycles. The predicted molar refractivity (Wildman–Crippen MR) is 98.1 cm³/mol. The summed E-state index contributed by atoms with van der Waals surface area (Å²) in [5.74, 6) is -0.0288. The number of halogens is 3. The number of hydrogen-bond acceptors (Lipinski definition) is 7. The van der Waals surface area contributed by atoms with E-state index >= 15 is 0 Å². The average molecular weight is 435 g/mol. The van der Waals surface area contributed by atoms with E-state index in [1.54, 1.807) is 0 Å². The summed E-state index contributed by atoms with van der Waals surface area (Å²) in [5.41, 5.74) is -0.866. The number of nitro benzene ring substituents is 1. The Morgan fingerprint density at radius 3 is 2.71 bits per heavy atom. The molecular formula is C18H12F3N5O5. The van der Waals surface area contributed by atoms with Crippen LogP contribution in [0.1, 0.15) is 17.0 Å². The van der Waals surface area contributed by atoms with Crippen LogP contribution in [0.2, 0.25) is 0 Å². The van der Waals surface area contributed by atoms with Crippen LogP contribution in [0.25, 0.3) is 11.7 Å². The largest absolute Gasteiger partial charge is 0.454 e. The van der Waals surface area contributed by atoms with Crippen molar-refractivity contribution >= 4 is 23.3 Å². The van der Waals surface area contributed by atoms with Crippen molar-refractivity contribution in [3.05, 3.63) is 63.6 Å². The maximum atomic E-state index is 12.9. The van der Waals surface area contributed by atoms with Crippen LogP contribution in [0.15, 0.2) is 36.5 Å². The van der Waals surface area contributed by atoms with E-state index in [4.69, 9.17) is 9.47 Å². The highest BCUT2D eigenvalue weighted by molar-refractivity contribution is 5.92. The lowest BCUT2D eigenvalue weighted by molar-refractivity contribution is -0.385. The van der Waals surface area contributed by atoms with Crippen molar-refractivity contribution in [2.75, 3.05) is 6.79 Å². The second-order valence-corrected chi connectivity index (χ2v) is 6.33. The van der Waals surface area contributed by atoms with Gasteiger partial charge in [-0.25, -0.2) is 0 Å². The molecule has 31 heavy (non-hydrogen) atoms. The topological polar surface area (TPSA) is 121 Å². The lowest BCUT2D eigenvalue weighted by atomic mass is 10.1. The van der Waals surface area contributed by atoms with E-state index in [-0.39, 0.29) is 41.8 Å². The normalized spacial score (nSPS) is 13.1. The van der Waals surface area contributed by atoms with Crippen LogP contribution in [0.4, 0.5) is 18.9 Å². The van der Waals surface area contributed by atoms with Gasteiger partial charge < -0.3 is 14.8 Å². The number of nitrogens with one attached hydrogen (secondary N) is 1. The Labute approximate surface area is 171 Å². The Kier molecular flexibility index (Phi) is 4.93. The number of alkyl halides is 3. The fraction of sp³-hybridized carbons (Fsp3) is 0.167. The summed E-state index contributed by atoms with van der Waals surface area (Å²) in [6.07, 6.45) is -1.43. The van der Waals surface area contributed by atoms with Crippen LogP contribution in [-0.2, 0) is 17.5 Å². The quantitative estimate of drug-likeness (QED) is 0.372. The van der Waals surface area contributed by atoms with Gasteiger partial charge in [0.25, 0.3) is 5.69 Å². The van der Waals surface area contributed by atoms with Gasteiger partial charge in [-0.1, -0.05) is 0 Å². The Balaban J connectivity index is 1.49. The van der Waals surface area contributed by atoms with Gasteiger partial charge in [0.15, 0.2) is 23.0 Å². The maximum absolute atomic E-state index is 12.9. The minimum atomic E-state index is -4.54. The molecule has 13 heteroatoms. The molecule has 0 saturated heterocycles. The Bertz CT molecular complexity index is 1220. The third-order valence-corrected chi connectivity index (χ3v) is 4.35. The summed E-state index contributed by atoms with van der Waals surface area (Å²) in [6.45, 7) is -0.280. The fourth-order valence-electron chi connectivity index (χ4n) is 2.86. The molecule has 0 unspecified atom stereocenters. The number of carbonyl (C=O) groups is 1. The van der Waals surface area contributed by atoms with Crippen molar-refractivity contribution in [1.29, 1.82) is 0 Å². The molecule has 0 saturated carbocycles. The standard InChI is InChI=1S/C18H12F3N5O5/c19-18(20,21)11-2-3-15-23-24-16(25(15)8-11)7-22-17(27)4-1-10-5-13-14(31-9-30-13)6-12(10)26(28)29/h1-6,8H,7,9H2,(H,22,27)/b4-1+. The number of ether oxygens (including phenoxy) is 2. The minimum absolute atomic E-state index is 0.0670. The van der Waals surface area contributed by atoms with Crippen LogP contribution < -0.4 is 14.8 Å². The molecule has 10 nitrogen and oxygen atoms in total. The van der Waals surface area contributed by atoms with Gasteiger partial charge in [-0.15, -0.1) is 10.2 Å². The van der Waals surface area contributed by atoms with Gasteiger partial charge in [-0.2, -0.15) is 13.2 Å². The molecule has 160 valence electrons. The molecule has 0 fully saturated rings. The Hall–Kier alpha value is -4.16. The first-order valence-corrected chi connectivity index (χ1v) is 8.67. The molecule has 4 rings (SSSR count). The minimum Gasteiger partial charge on any atom is -0.454 e. The van der Waals surface area contributed by atoms with E-state index in [1.807, 2.05) is 0 Å². The van der Waals surface area contributed by atoms with Crippen molar-refractivity contribution < 1.29 is 32.4 Å². The third kappa shape index (κ3) is 4.10. The lowest BCUT2D eigenvalue weighted by Gasteiger charge is -2.07. The number of benzene rings is 1. The molecule has 0 radical (unpaired) electrons. The van der Waals surface area contributed by atoms with Gasteiger partial charge in [0.05, 0.1) is 28.7 Å². The summed E-state index contributed by atoms with van der Waals surface area (Å²) < 4.78 is 50.1. The number of fused-ring (bicyclic) bond motifs is 2. The number of nitrogens with zero attached hydrogens (tertiary/aromatic N) is 4. The van der Waals surface area contributed by atoms with Crippen molar-refractivity contribution in [2.45, 2.75) is 12.7 Å². The van der Waals surface area contributed by atoms with Gasteiger partial charge in [-0.05, 0) is 24.3 Å². The molecule has 1 aliphatic heterocycles. The molecule has 1 aromatic carbocycles. The van der Waals surface area contributed by atoms with Gasteiger partial charge in [0, 0.05) is 12.3 Å². The zero-order chi connectivity index (χ0) is 22.2. The predicted octanol–water partition coefficient (Wildman–Crippen LogP) is 2.71. The highest BCUT2D eigenvalue weighted by atomic mass is 19.4. The number of carbonyl (C=O) groups excluding carboxylic acids is 1. The van der Waals surface area contributed by atoms with Crippen molar-refractivity contribution in [3.63, 3.8) is 0 Å². The highest BCUT2D eigenvalue weighted by Gasteiger charge is 2.31. The molecule has 2 aromatic heterocycles.